The first-order valence-corrected chi connectivity index (χ1v) is 8.13. The van der Waals surface area contributed by atoms with Crippen LogP contribution in [0.25, 0.3) is 0 Å². The summed E-state index contributed by atoms with van der Waals surface area (Å²) in [7, 11) is 1.91. The molecular weight excluding hydrogens is 252 g/mol. The molecule has 2 saturated carbocycles. The Morgan fingerprint density at radius 3 is 2.65 bits per heavy atom. The fourth-order valence-electron chi connectivity index (χ4n) is 3.30. The fourth-order valence-corrected chi connectivity index (χ4v) is 3.30. The lowest BCUT2D eigenvalue weighted by atomic mass is 9.78. The van der Waals surface area contributed by atoms with Gasteiger partial charge in [-0.1, -0.05) is 26.7 Å². The van der Waals surface area contributed by atoms with Crippen LogP contribution < -0.4 is 5.32 Å². The zero-order chi connectivity index (χ0) is 14.7. The van der Waals surface area contributed by atoms with Gasteiger partial charge >= 0.3 is 0 Å². The Morgan fingerprint density at radius 2 is 2.00 bits per heavy atom. The third-order valence-electron chi connectivity index (χ3n) is 5.13. The van der Waals surface area contributed by atoms with Crippen molar-refractivity contribution in [3.05, 3.63) is 0 Å². The van der Waals surface area contributed by atoms with Gasteiger partial charge in [-0.25, -0.2) is 0 Å². The van der Waals surface area contributed by atoms with E-state index in [0.29, 0.717) is 36.9 Å². The van der Waals surface area contributed by atoms with Crippen LogP contribution in [-0.2, 0) is 4.79 Å². The summed E-state index contributed by atoms with van der Waals surface area (Å²) in [6, 6.07) is 0.327. The first-order chi connectivity index (χ1) is 9.47. The fraction of sp³-hybridized carbons (Fsp3) is 0.938. The summed E-state index contributed by atoms with van der Waals surface area (Å²) in [5.41, 5.74) is 0. The monoisotopic (exact) mass is 282 g/mol. The lowest BCUT2D eigenvalue weighted by Crippen LogP contribution is -2.47. The minimum atomic E-state index is -0.263. The van der Waals surface area contributed by atoms with Crippen molar-refractivity contribution in [2.75, 3.05) is 20.1 Å². The van der Waals surface area contributed by atoms with Crippen LogP contribution in [0.3, 0.4) is 0 Å². The number of likely N-dealkylation sites (N-methyl/N-ethyl adjacent to an activating group) is 1. The van der Waals surface area contributed by atoms with E-state index in [2.05, 4.69) is 19.2 Å². The summed E-state index contributed by atoms with van der Waals surface area (Å²) < 4.78 is 0. The van der Waals surface area contributed by atoms with Gasteiger partial charge in [0.15, 0.2) is 0 Å². The van der Waals surface area contributed by atoms with E-state index in [1.165, 1.54) is 12.8 Å². The topological polar surface area (TPSA) is 52.6 Å². The van der Waals surface area contributed by atoms with Gasteiger partial charge in [-0.2, -0.15) is 0 Å². The van der Waals surface area contributed by atoms with Crippen molar-refractivity contribution in [3.8, 4) is 0 Å². The largest absolute Gasteiger partial charge is 0.392 e. The third-order valence-corrected chi connectivity index (χ3v) is 5.13. The average Bonchev–Trinajstić information content (AvgIpc) is 3.18. The molecule has 0 aliphatic heterocycles. The van der Waals surface area contributed by atoms with Crippen molar-refractivity contribution in [3.63, 3.8) is 0 Å². The Bertz CT molecular complexity index is 330. The van der Waals surface area contributed by atoms with Crippen LogP contribution in [0.2, 0.25) is 0 Å². The highest BCUT2D eigenvalue weighted by Gasteiger charge is 2.31. The maximum Gasteiger partial charge on any atom is 0.234 e. The van der Waals surface area contributed by atoms with E-state index in [9.17, 15) is 9.90 Å². The molecule has 2 aliphatic rings. The number of aliphatic hydroxyl groups is 1. The van der Waals surface area contributed by atoms with Crippen LogP contribution in [0.5, 0.6) is 0 Å². The molecule has 4 heteroatoms. The quantitative estimate of drug-likeness (QED) is 0.778. The zero-order valence-corrected chi connectivity index (χ0v) is 13.1. The van der Waals surface area contributed by atoms with Crippen LogP contribution in [0.15, 0.2) is 0 Å². The summed E-state index contributed by atoms with van der Waals surface area (Å²) in [4.78, 5) is 14.0. The summed E-state index contributed by atoms with van der Waals surface area (Å²) >= 11 is 0. The number of aliphatic hydroxyl groups excluding tert-OH is 1. The number of carbonyl (C=O) groups is 1. The number of amides is 1. The maximum absolute atomic E-state index is 12.1. The zero-order valence-electron chi connectivity index (χ0n) is 13.1. The van der Waals surface area contributed by atoms with Crippen molar-refractivity contribution in [2.24, 2.45) is 17.8 Å². The normalized spacial score (nSPS) is 32.1. The molecule has 2 rings (SSSR count). The van der Waals surface area contributed by atoms with E-state index in [1.54, 1.807) is 0 Å². The van der Waals surface area contributed by atoms with E-state index >= 15 is 0 Å². The standard InChI is InChI=1S/C16H30N2O2/c1-11-5-4-6-14(12(11)2)17-16(20)10-18(3)9-15(19)13-7-8-13/h11-15,19H,4-10H2,1-3H3,(H,17,20). The Morgan fingerprint density at radius 1 is 1.30 bits per heavy atom. The molecule has 1 amide bonds. The molecule has 4 atom stereocenters. The maximum atomic E-state index is 12.1. The number of nitrogens with zero attached hydrogens (tertiary/aromatic N) is 1. The number of hydrogen-bond acceptors (Lipinski definition) is 3. The van der Waals surface area contributed by atoms with Gasteiger partial charge in [0.1, 0.15) is 0 Å². The third kappa shape index (κ3) is 4.45. The van der Waals surface area contributed by atoms with Gasteiger partial charge in [-0.3, -0.25) is 9.69 Å². The van der Waals surface area contributed by atoms with E-state index in [0.717, 1.165) is 19.3 Å². The van der Waals surface area contributed by atoms with Crippen molar-refractivity contribution < 1.29 is 9.90 Å². The molecule has 0 spiro atoms. The predicted octanol–water partition coefficient (Wildman–Crippen LogP) is 1.63. The highest BCUT2D eigenvalue weighted by Crippen LogP contribution is 2.32. The van der Waals surface area contributed by atoms with E-state index in [4.69, 9.17) is 0 Å². The minimum Gasteiger partial charge on any atom is -0.392 e. The molecule has 116 valence electrons. The first kappa shape index (κ1) is 15.8. The molecule has 2 N–H and O–H groups in total. The van der Waals surface area contributed by atoms with Crippen molar-refractivity contribution >= 4 is 5.91 Å². The van der Waals surface area contributed by atoms with Gasteiger partial charge in [-0.05, 0) is 44.1 Å². The van der Waals surface area contributed by atoms with Crippen LogP contribution >= 0.6 is 0 Å². The van der Waals surface area contributed by atoms with E-state index in [-0.39, 0.29) is 12.0 Å². The molecular formula is C16H30N2O2. The van der Waals surface area contributed by atoms with Gasteiger partial charge in [0.05, 0.1) is 12.6 Å². The molecule has 0 bridgehead atoms. The molecule has 0 aromatic rings. The number of carbonyl (C=O) groups excluding carboxylic acids is 1. The summed E-state index contributed by atoms with van der Waals surface area (Å²) in [5.74, 6) is 1.83. The van der Waals surface area contributed by atoms with Gasteiger partial charge in [0.2, 0.25) is 5.91 Å². The smallest absolute Gasteiger partial charge is 0.234 e. The molecule has 2 fully saturated rings. The van der Waals surface area contributed by atoms with Crippen LogP contribution in [0.4, 0.5) is 0 Å². The molecule has 2 aliphatic carbocycles. The second-order valence-electron chi connectivity index (χ2n) is 7.04. The molecule has 20 heavy (non-hydrogen) atoms. The number of hydrogen-bond donors (Lipinski definition) is 2. The molecule has 0 saturated heterocycles. The second kappa shape index (κ2) is 6.90. The second-order valence-corrected chi connectivity index (χ2v) is 7.04. The van der Waals surface area contributed by atoms with E-state index in [1.807, 2.05) is 11.9 Å². The molecule has 0 aromatic carbocycles. The first-order valence-electron chi connectivity index (χ1n) is 8.13. The molecule has 0 radical (unpaired) electrons. The van der Waals surface area contributed by atoms with Crippen molar-refractivity contribution in [2.45, 2.75) is 58.1 Å². The Kier molecular flexibility index (Phi) is 5.44. The average molecular weight is 282 g/mol. The van der Waals surface area contributed by atoms with Crippen LogP contribution in [-0.4, -0.2) is 48.2 Å². The van der Waals surface area contributed by atoms with Crippen LogP contribution in [0.1, 0.15) is 46.0 Å². The highest BCUT2D eigenvalue weighted by molar-refractivity contribution is 5.78. The predicted molar refractivity (Wildman–Crippen MR) is 80.3 cm³/mol. The van der Waals surface area contributed by atoms with Gasteiger partial charge in [0, 0.05) is 12.6 Å². The molecule has 0 heterocycles. The van der Waals surface area contributed by atoms with Crippen molar-refractivity contribution in [1.29, 1.82) is 0 Å². The van der Waals surface area contributed by atoms with Crippen LogP contribution in [0, 0.1) is 17.8 Å². The Labute approximate surface area is 122 Å². The summed E-state index contributed by atoms with van der Waals surface area (Å²) in [6.07, 6.45) is 5.61. The SMILES string of the molecule is CC1CCCC(NC(=O)CN(C)CC(O)C2CC2)C1C. The molecule has 0 aromatic heterocycles. The van der Waals surface area contributed by atoms with Gasteiger partial charge < -0.3 is 10.4 Å². The summed E-state index contributed by atoms with van der Waals surface area (Å²) in [5, 5.41) is 13.1. The minimum absolute atomic E-state index is 0.0986. The van der Waals surface area contributed by atoms with Gasteiger partial charge in [-0.15, -0.1) is 0 Å². The molecule has 4 unspecified atom stereocenters. The Balaban J connectivity index is 1.71. The summed E-state index contributed by atoms with van der Waals surface area (Å²) in [6.45, 7) is 5.52. The lowest BCUT2D eigenvalue weighted by Gasteiger charge is -2.35. The number of rotatable bonds is 6. The van der Waals surface area contributed by atoms with E-state index < -0.39 is 0 Å². The molecule has 4 nitrogen and oxygen atoms in total. The number of nitrogens with one attached hydrogen (secondary N) is 1. The Hall–Kier alpha value is -0.610. The van der Waals surface area contributed by atoms with Crippen molar-refractivity contribution in [1.82, 2.24) is 10.2 Å². The lowest BCUT2D eigenvalue weighted by molar-refractivity contribution is -0.123. The van der Waals surface area contributed by atoms with Gasteiger partial charge in [0.25, 0.3) is 0 Å². The highest BCUT2D eigenvalue weighted by atomic mass is 16.3.